The molecule has 0 heterocycles. The molecule has 0 saturated heterocycles. The molecule has 0 saturated carbocycles. The first-order chi connectivity index (χ1) is 7.40. The van der Waals surface area contributed by atoms with Crippen molar-refractivity contribution in [3.05, 3.63) is 22.8 Å². The molecule has 0 fully saturated rings. The van der Waals surface area contributed by atoms with Gasteiger partial charge in [-0.05, 0) is 31.0 Å². The van der Waals surface area contributed by atoms with Crippen LogP contribution in [0.2, 0.25) is 0 Å². The molecule has 16 heavy (non-hydrogen) atoms. The molecule has 1 atom stereocenters. The molecule has 0 aromatic heterocycles. The van der Waals surface area contributed by atoms with Crippen LogP contribution in [0.4, 0.5) is 0 Å². The molecule has 0 spiro atoms. The molecule has 0 aliphatic heterocycles. The lowest BCUT2D eigenvalue weighted by atomic mass is 9.99. The van der Waals surface area contributed by atoms with Crippen LogP contribution in [-0.2, 0) is 4.79 Å². The second-order valence-electron chi connectivity index (χ2n) is 3.53. The van der Waals surface area contributed by atoms with Gasteiger partial charge in [-0.2, -0.15) is 0 Å². The quantitative estimate of drug-likeness (QED) is 0.719. The van der Waals surface area contributed by atoms with Crippen molar-refractivity contribution in [1.29, 1.82) is 0 Å². The highest BCUT2D eigenvalue weighted by atomic mass is 16.5. The van der Waals surface area contributed by atoms with Crippen LogP contribution < -0.4 is 4.74 Å². The number of ether oxygens (including phenoxy) is 1. The van der Waals surface area contributed by atoms with E-state index >= 15 is 0 Å². The van der Waals surface area contributed by atoms with Crippen LogP contribution in [0, 0.1) is 13.8 Å². The van der Waals surface area contributed by atoms with Crippen LogP contribution in [-0.4, -0.2) is 28.4 Å². The fourth-order valence-corrected chi connectivity index (χ4v) is 1.56. The molecule has 88 valence electrons. The average Bonchev–Trinajstić information content (AvgIpc) is 2.23. The third kappa shape index (κ3) is 1.94. The summed E-state index contributed by atoms with van der Waals surface area (Å²) in [4.78, 5) is 10.7. The lowest BCUT2D eigenvalue weighted by Gasteiger charge is -2.16. The highest BCUT2D eigenvalue weighted by molar-refractivity contribution is 5.75. The Bertz CT molecular complexity index is 425. The van der Waals surface area contributed by atoms with Gasteiger partial charge in [0.1, 0.15) is 0 Å². The second kappa shape index (κ2) is 4.40. The predicted molar refractivity (Wildman–Crippen MR) is 56.7 cm³/mol. The molecule has 0 aliphatic carbocycles. The van der Waals surface area contributed by atoms with Crippen molar-refractivity contribution in [2.24, 2.45) is 0 Å². The van der Waals surface area contributed by atoms with Crippen LogP contribution in [0.3, 0.4) is 0 Å². The molecule has 5 heteroatoms. The number of hydrogen-bond donors (Lipinski definition) is 3. The first-order valence-corrected chi connectivity index (χ1v) is 4.68. The molecular formula is C11H14O5. The first kappa shape index (κ1) is 12.3. The summed E-state index contributed by atoms with van der Waals surface area (Å²) in [5, 5.41) is 27.9. The number of carboxylic acid groups (broad SMARTS) is 1. The molecule has 0 radical (unpaired) electrons. The van der Waals surface area contributed by atoms with Crippen LogP contribution in [0.1, 0.15) is 22.8 Å². The molecule has 0 aliphatic rings. The predicted octanol–water partition coefficient (Wildman–Crippen LogP) is 1.14. The summed E-state index contributed by atoms with van der Waals surface area (Å²) >= 11 is 0. The molecule has 1 aromatic rings. The number of aromatic hydroxyl groups is 1. The third-order valence-corrected chi connectivity index (χ3v) is 2.47. The summed E-state index contributed by atoms with van der Waals surface area (Å²) in [5.74, 6) is -1.19. The molecular weight excluding hydrogens is 212 g/mol. The highest BCUT2D eigenvalue weighted by Crippen LogP contribution is 2.37. The number of aliphatic hydroxyl groups excluding tert-OH is 1. The van der Waals surface area contributed by atoms with Gasteiger partial charge in [-0.1, -0.05) is 0 Å². The van der Waals surface area contributed by atoms with Gasteiger partial charge in [0.25, 0.3) is 0 Å². The number of benzene rings is 1. The summed E-state index contributed by atoms with van der Waals surface area (Å²) in [5.41, 5.74) is 1.10. The van der Waals surface area contributed by atoms with Crippen molar-refractivity contribution in [3.8, 4) is 11.5 Å². The van der Waals surface area contributed by atoms with Crippen LogP contribution in [0.15, 0.2) is 6.07 Å². The number of aliphatic hydroxyl groups is 1. The number of aryl methyl sites for hydroxylation is 1. The van der Waals surface area contributed by atoms with Crippen LogP contribution >= 0.6 is 0 Å². The Kier molecular flexibility index (Phi) is 3.39. The Morgan fingerprint density at radius 3 is 2.44 bits per heavy atom. The minimum absolute atomic E-state index is 0.0404. The van der Waals surface area contributed by atoms with Gasteiger partial charge in [-0.25, -0.2) is 4.79 Å². The number of carbonyl (C=O) groups is 1. The normalized spacial score (nSPS) is 12.2. The Labute approximate surface area is 92.9 Å². The number of aliphatic carboxylic acids is 1. The van der Waals surface area contributed by atoms with Gasteiger partial charge >= 0.3 is 5.97 Å². The second-order valence-corrected chi connectivity index (χ2v) is 3.53. The molecule has 5 nitrogen and oxygen atoms in total. The Morgan fingerprint density at radius 2 is 2.00 bits per heavy atom. The maximum absolute atomic E-state index is 10.7. The van der Waals surface area contributed by atoms with E-state index < -0.39 is 12.1 Å². The fraction of sp³-hybridized carbons (Fsp3) is 0.364. The van der Waals surface area contributed by atoms with Gasteiger partial charge < -0.3 is 20.1 Å². The zero-order valence-corrected chi connectivity index (χ0v) is 9.31. The maximum Gasteiger partial charge on any atom is 0.337 e. The largest absolute Gasteiger partial charge is 0.504 e. The average molecular weight is 226 g/mol. The zero-order chi connectivity index (χ0) is 12.5. The Balaban J connectivity index is 3.42. The number of rotatable bonds is 3. The number of carboxylic acids is 1. The summed E-state index contributed by atoms with van der Waals surface area (Å²) in [6.45, 7) is 3.19. The van der Waals surface area contributed by atoms with Crippen molar-refractivity contribution < 1.29 is 24.9 Å². The summed E-state index contributed by atoms with van der Waals surface area (Å²) in [7, 11) is 1.37. The van der Waals surface area contributed by atoms with E-state index in [0.29, 0.717) is 11.1 Å². The van der Waals surface area contributed by atoms with Gasteiger partial charge in [0.15, 0.2) is 17.6 Å². The van der Waals surface area contributed by atoms with E-state index in [4.69, 9.17) is 9.84 Å². The molecule has 1 aromatic carbocycles. The lowest BCUT2D eigenvalue weighted by molar-refractivity contribution is -0.147. The third-order valence-electron chi connectivity index (χ3n) is 2.47. The molecule has 1 rings (SSSR count). The highest BCUT2D eigenvalue weighted by Gasteiger charge is 2.22. The van der Waals surface area contributed by atoms with Crippen molar-refractivity contribution in [1.82, 2.24) is 0 Å². The standard InChI is InChI=1S/C11H14O5/c1-5-4-7(9(13)11(14)15)6(2)10(16-3)8(5)12/h4,9,12-13H,1-3H3,(H,14,15). The number of hydrogen-bond acceptors (Lipinski definition) is 4. The zero-order valence-electron chi connectivity index (χ0n) is 9.31. The maximum atomic E-state index is 10.7. The SMILES string of the molecule is COc1c(C)c(C(O)C(=O)O)cc(C)c1O. The summed E-state index contributed by atoms with van der Waals surface area (Å²) < 4.78 is 4.97. The topological polar surface area (TPSA) is 87.0 Å². The van der Waals surface area contributed by atoms with E-state index in [1.165, 1.54) is 13.2 Å². The van der Waals surface area contributed by atoms with E-state index in [1.807, 2.05) is 0 Å². The van der Waals surface area contributed by atoms with Gasteiger partial charge in [-0.15, -0.1) is 0 Å². The monoisotopic (exact) mass is 226 g/mol. The van der Waals surface area contributed by atoms with E-state index in [2.05, 4.69) is 0 Å². The fourth-order valence-electron chi connectivity index (χ4n) is 1.56. The minimum atomic E-state index is -1.62. The van der Waals surface area contributed by atoms with Crippen molar-refractivity contribution in [3.63, 3.8) is 0 Å². The summed E-state index contributed by atoms with van der Waals surface area (Å²) in [6.07, 6.45) is -1.62. The van der Waals surface area contributed by atoms with Crippen LogP contribution in [0.5, 0.6) is 11.5 Å². The van der Waals surface area contributed by atoms with Crippen molar-refractivity contribution >= 4 is 5.97 Å². The number of phenolic OH excluding ortho intramolecular Hbond substituents is 1. The van der Waals surface area contributed by atoms with Gasteiger partial charge in [-0.3, -0.25) is 0 Å². The Hall–Kier alpha value is -1.75. The number of methoxy groups -OCH3 is 1. The summed E-state index contributed by atoms with van der Waals surface area (Å²) in [6, 6.07) is 1.44. The van der Waals surface area contributed by atoms with Crippen molar-refractivity contribution in [2.45, 2.75) is 20.0 Å². The van der Waals surface area contributed by atoms with Crippen LogP contribution in [0.25, 0.3) is 0 Å². The lowest BCUT2D eigenvalue weighted by Crippen LogP contribution is -2.12. The molecule has 0 bridgehead atoms. The molecule has 3 N–H and O–H groups in total. The van der Waals surface area contributed by atoms with Gasteiger partial charge in [0.05, 0.1) is 7.11 Å². The van der Waals surface area contributed by atoms with E-state index in [9.17, 15) is 15.0 Å². The smallest absolute Gasteiger partial charge is 0.337 e. The molecule has 1 unspecified atom stereocenters. The van der Waals surface area contributed by atoms with E-state index in [1.54, 1.807) is 13.8 Å². The Morgan fingerprint density at radius 1 is 1.44 bits per heavy atom. The van der Waals surface area contributed by atoms with E-state index in [0.717, 1.165) is 0 Å². The van der Waals surface area contributed by atoms with E-state index in [-0.39, 0.29) is 17.1 Å². The number of phenols is 1. The first-order valence-electron chi connectivity index (χ1n) is 4.68. The minimum Gasteiger partial charge on any atom is -0.504 e. The van der Waals surface area contributed by atoms with Crippen molar-refractivity contribution in [2.75, 3.05) is 7.11 Å². The molecule has 0 amide bonds. The van der Waals surface area contributed by atoms with Gasteiger partial charge in [0.2, 0.25) is 0 Å². The van der Waals surface area contributed by atoms with Gasteiger partial charge in [0, 0.05) is 5.56 Å².